The van der Waals surface area contributed by atoms with E-state index in [9.17, 15) is 45.6 Å². The summed E-state index contributed by atoms with van der Waals surface area (Å²) in [6.45, 7) is 12.1. The number of rotatable bonds is 7. The Morgan fingerprint density at radius 1 is 0.607 bits per heavy atom. The first-order valence-electron chi connectivity index (χ1n) is 21.4. The van der Waals surface area contributed by atoms with Crippen molar-refractivity contribution in [2.24, 2.45) is 56.7 Å². The maximum Gasteiger partial charge on any atom is 0.313 e. The van der Waals surface area contributed by atoms with Crippen LogP contribution in [0.15, 0.2) is 0 Å². The normalized spacial score (nSPS) is 57.6. The first-order chi connectivity index (χ1) is 26.3. The summed E-state index contributed by atoms with van der Waals surface area (Å²) in [6, 6.07) is 0. The molecule has 320 valence electrons. The van der Waals surface area contributed by atoms with Crippen LogP contribution in [0.25, 0.3) is 0 Å². The summed E-state index contributed by atoms with van der Waals surface area (Å²) < 4.78 is 30.6. The summed E-state index contributed by atoms with van der Waals surface area (Å²) in [4.78, 5) is 14.2. The average molecular weight is 797 g/mol. The minimum atomic E-state index is -1.78. The molecule has 3 saturated heterocycles. The molecular formula is C42H68O14. The van der Waals surface area contributed by atoms with E-state index in [1.54, 1.807) is 0 Å². The van der Waals surface area contributed by atoms with Crippen LogP contribution in [0.1, 0.15) is 106 Å². The maximum absolute atomic E-state index is 14.2. The second-order valence-electron chi connectivity index (χ2n) is 20.8. The fourth-order valence-electron chi connectivity index (χ4n) is 15.4. The molecule has 0 aromatic rings. The van der Waals surface area contributed by atoms with E-state index in [0.717, 1.165) is 57.8 Å². The van der Waals surface area contributed by atoms with E-state index in [2.05, 4.69) is 34.6 Å². The number of fused-ring (bicyclic) bond motifs is 5. The van der Waals surface area contributed by atoms with Gasteiger partial charge in [0.1, 0.15) is 54.4 Å². The molecule has 5 aliphatic carbocycles. The second kappa shape index (κ2) is 14.0. The molecular weight excluding hydrogens is 728 g/mol. The van der Waals surface area contributed by atoms with Crippen LogP contribution in [0.3, 0.4) is 0 Å². The topological polar surface area (TPSA) is 225 Å². The SMILES string of the molecule is CC1(C)OC(=O)[C@]23CC[C@H]1[C@@H]2CC[C@]1(C)[C@@H]3CC[C@@H]2[C@@]3(C)CC[C@H](O[C@@H]4O[C@H](CO)[C@@H](O)[C@H](O)[C@H]4O[C@@H]4O[C@H](CO)[C@@H](O)[C@H](O)[C@H]4O)[C@](C)(CO)[C@@H]3CC[C@]21C. The summed E-state index contributed by atoms with van der Waals surface area (Å²) >= 11 is 0. The van der Waals surface area contributed by atoms with Crippen molar-refractivity contribution >= 4 is 5.97 Å². The van der Waals surface area contributed by atoms with E-state index >= 15 is 0 Å². The lowest BCUT2D eigenvalue weighted by atomic mass is 9.31. The maximum atomic E-state index is 14.2. The fourth-order valence-corrected chi connectivity index (χ4v) is 15.4. The van der Waals surface area contributed by atoms with Crippen molar-refractivity contribution in [1.82, 2.24) is 0 Å². The van der Waals surface area contributed by atoms with Gasteiger partial charge in [0.05, 0.1) is 31.3 Å². The molecule has 0 radical (unpaired) electrons. The number of hydrogen-bond acceptors (Lipinski definition) is 14. The molecule has 3 heterocycles. The van der Waals surface area contributed by atoms with Gasteiger partial charge in [-0.2, -0.15) is 0 Å². The molecule has 56 heavy (non-hydrogen) atoms. The number of carbonyl (C=O) groups excluding carboxylic acids is 1. The zero-order valence-electron chi connectivity index (χ0n) is 34.0. The molecule has 21 atom stereocenters. The number of esters is 1. The Bertz CT molecular complexity index is 1490. The number of hydrogen-bond donors (Lipinski definition) is 8. The molecule has 0 unspecified atom stereocenters. The van der Waals surface area contributed by atoms with Gasteiger partial charge in [-0.1, -0.05) is 27.7 Å². The lowest BCUT2D eigenvalue weighted by Crippen LogP contribution is -2.70. The highest BCUT2D eigenvalue weighted by molar-refractivity contribution is 5.80. The monoisotopic (exact) mass is 796 g/mol. The van der Waals surface area contributed by atoms with Crippen molar-refractivity contribution in [3.8, 4) is 0 Å². The first-order valence-corrected chi connectivity index (χ1v) is 21.4. The van der Waals surface area contributed by atoms with Crippen LogP contribution in [0.2, 0.25) is 0 Å². The molecule has 3 aliphatic heterocycles. The number of ether oxygens (including phenoxy) is 5. The zero-order valence-corrected chi connectivity index (χ0v) is 34.0. The Morgan fingerprint density at radius 3 is 1.86 bits per heavy atom. The van der Waals surface area contributed by atoms with Gasteiger partial charge in [0.2, 0.25) is 0 Å². The number of cyclic esters (lactones) is 1. The lowest BCUT2D eigenvalue weighted by Gasteiger charge is -2.73. The van der Waals surface area contributed by atoms with Gasteiger partial charge < -0.3 is 64.5 Å². The summed E-state index contributed by atoms with van der Waals surface area (Å²) in [7, 11) is 0. The van der Waals surface area contributed by atoms with E-state index in [0.29, 0.717) is 24.2 Å². The first kappa shape index (κ1) is 41.7. The van der Waals surface area contributed by atoms with Crippen molar-refractivity contribution in [2.75, 3.05) is 19.8 Å². The summed E-state index contributed by atoms with van der Waals surface area (Å²) in [5.74, 6) is 1.45. The molecule has 5 saturated carbocycles. The van der Waals surface area contributed by atoms with E-state index < -0.39 is 97.2 Å². The summed E-state index contributed by atoms with van der Waals surface area (Å²) in [6.07, 6.45) is -6.87. The van der Waals surface area contributed by atoms with Gasteiger partial charge in [0, 0.05) is 11.3 Å². The third kappa shape index (κ3) is 5.53. The van der Waals surface area contributed by atoms with Crippen LogP contribution in [-0.2, 0) is 28.5 Å². The fraction of sp³-hybridized carbons (Fsp3) is 0.976. The van der Waals surface area contributed by atoms with Gasteiger partial charge in [-0.15, -0.1) is 0 Å². The van der Waals surface area contributed by atoms with Crippen LogP contribution in [-0.4, -0.2) is 140 Å². The van der Waals surface area contributed by atoms with Crippen LogP contribution in [0.4, 0.5) is 0 Å². The molecule has 8 fully saturated rings. The van der Waals surface area contributed by atoms with Gasteiger partial charge >= 0.3 is 5.97 Å². The Hall–Kier alpha value is -1.01. The number of carbonyl (C=O) groups is 1. The quantitative estimate of drug-likeness (QED) is 0.135. The molecule has 0 aromatic heterocycles. The minimum absolute atomic E-state index is 0.0319. The minimum Gasteiger partial charge on any atom is -0.459 e. The highest BCUT2D eigenvalue weighted by atomic mass is 16.8. The molecule has 8 N–H and O–H groups in total. The van der Waals surface area contributed by atoms with Gasteiger partial charge in [-0.05, 0) is 118 Å². The smallest absolute Gasteiger partial charge is 0.313 e. The van der Waals surface area contributed by atoms with E-state index in [1.807, 2.05) is 6.92 Å². The highest BCUT2D eigenvalue weighted by Gasteiger charge is 2.76. The Labute approximate surface area is 330 Å². The van der Waals surface area contributed by atoms with E-state index in [-0.39, 0.29) is 40.7 Å². The van der Waals surface area contributed by atoms with Crippen molar-refractivity contribution in [2.45, 2.75) is 179 Å². The van der Waals surface area contributed by atoms with Crippen LogP contribution in [0.5, 0.6) is 0 Å². The van der Waals surface area contributed by atoms with Gasteiger partial charge in [0.15, 0.2) is 12.6 Å². The van der Waals surface area contributed by atoms with Gasteiger partial charge in [-0.3, -0.25) is 4.79 Å². The van der Waals surface area contributed by atoms with Crippen LogP contribution < -0.4 is 0 Å². The lowest BCUT2D eigenvalue weighted by molar-refractivity contribution is -0.379. The Balaban J connectivity index is 1.05. The predicted octanol–water partition coefficient (Wildman–Crippen LogP) is 1.39. The van der Waals surface area contributed by atoms with Crippen LogP contribution >= 0.6 is 0 Å². The third-order valence-corrected chi connectivity index (χ3v) is 18.5. The molecule has 0 aromatic carbocycles. The molecule has 0 amide bonds. The van der Waals surface area contributed by atoms with Crippen molar-refractivity contribution in [3.63, 3.8) is 0 Å². The molecule has 8 aliphatic rings. The highest BCUT2D eigenvalue weighted by Crippen LogP contribution is 2.79. The van der Waals surface area contributed by atoms with Crippen molar-refractivity contribution in [1.29, 1.82) is 0 Å². The zero-order chi connectivity index (χ0) is 40.5. The second-order valence-corrected chi connectivity index (χ2v) is 20.8. The molecule has 8 rings (SSSR count). The number of aliphatic hydroxyl groups excluding tert-OH is 8. The molecule has 0 spiro atoms. The van der Waals surface area contributed by atoms with Crippen molar-refractivity contribution < 1.29 is 69.3 Å². The molecule has 14 heteroatoms. The van der Waals surface area contributed by atoms with Crippen LogP contribution in [0, 0.1) is 56.7 Å². The summed E-state index contributed by atoms with van der Waals surface area (Å²) in [5.41, 5.74) is -1.87. The average Bonchev–Trinajstić information content (AvgIpc) is 3.53. The third-order valence-electron chi connectivity index (χ3n) is 18.5. The Kier molecular flexibility index (Phi) is 10.4. The van der Waals surface area contributed by atoms with E-state index in [1.165, 1.54) is 0 Å². The summed E-state index contributed by atoms with van der Waals surface area (Å²) in [5, 5.41) is 84.9. The largest absolute Gasteiger partial charge is 0.459 e. The van der Waals surface area contributed by atoms with E-state index in [4.69, 9.17) is 23.7 Å². The molecule has 14 nitrogen and oxygen atoms in total. The van der Waals surface area contributed by atoms with Gasteiger partial charge in [-0.25, -0.2) is 0 Å². The van der Waals surface area contributed by atoms with Gasteiger partial charge in [0.25, 0.3) is 0 Å². The molecule has 2 bridgehead atoms. The van der Waals surface area contributed by atoms with Crippen molar-refractivity contribution in [3.05, 3.63) is 0 Å². The number of aliphatic hydroxyl groups is 8. The predicted molar refractivity (Wildman–Crippen MR) is 197 cm³/mol. The Morgan fingerprint density at radius 2 is 1.20 bits per heavy atom. The standard InChI is InChI=1S/C42H68O14/c1-37(2)20-10-16-42(36(51)56-37)21(20)9-14-41(6)26(42)8-7-25-38(3)13-12-27(39(4,19-45)24(38)11-15-40(25,41)5)54-35-33(31(49)29(47)23(18-44)53-35)55-34-32(50)30(48)28(46)22(17-43)52-34/h20-35,43-50H,7-19H2,1-6H3/t20-,21-,22+,23+,24+,25+,26-,27-,28+,29+,30-,31-,32+,33+,34-,35-,38-,39+,40+,41+,42+/m0/s1.